The van der Waals surface area contributed by atoms with Gasteiger partial charge < -0.3 is 15.0 Å². The van der Waals surface area contributed by atoms with E-state index in [4.69, 9.17) is 9.97 Å². The fourth-order valence-electron chi connectivity index (χ4n) is 5.45. The van der Waals surface area contributed by atoms with Crippen molar-refractivity contribution in [2.45, 2.75) is 117 Å². The molecular weight excluding hydrogens is 464 g/mol. The minimum absolute atomic E-state index is 0.0859. The first-order chi connectivity index (χ1) is 17.2. The van der Waals surface area contributed by atoms with Crippen molar-refractivity contribution < 1.29 is 14.7 Å². The molecule has 2 aromatic heterocycles. The van der Waals surface area contributed by atoms with Gasteiger partial charge in [0.1, 0.15) is 5.82 Å². The molecule has 2 fully saturated rings. The van der Waals surface area contributed by atoms with Crippen molar-refractivity contribution in [3.8, 4) is 11.4 Å². The van der Waals surface area contributed by atoms with Crippen molar-refractivity contribution in [3.63, 3.8) is 0 Å². The van der Waals surface area contributed by atoms with Crippen LogP contribution in [0.4, 0.5) is 0 Å². The fourth-order valence-corrected chi connectivity index (χ4v) is 5.45. The number of carbonyl (C=O) groups excluding carboxylic acids is 1. The predicted molar refractivity (Wildman–Crippen MR) is 146 cm³/mol. The Balaban J connectivity index is 1.75. The van der Waals surface area contributed by atoms with Crippen LogP contribution >= 0.6 is 0 Å². The normalized spacial score (nSPS) is 20.9. The fraction of sp³-hybridized carbons (Fsp3) is 0.667. The maximum absolute atomic E-state index is 13.4. The van der Waals surface area contributed by atoms with Crippen LogP contribution in [0.3, 0.4) is 0 Å². The summed E-state index contributed by atoms with van der Waals surface area (Å²) in [5.74, 6) is 0.124. The van der Waals surface area contributed by atoms with E-state index in [9.17, 15) is 14.7 Å². The lowest BCUT2D eigenvalue weighted by molar-refractivity contribution is -0.145. The molecule has 0 spiro atoms. The highest BCUT2D eigenvalue weighted by atomic mass is 16.4. The lowest BCUT2D eigenvalue weighted by Gasteiger charge is -2.32. The van der Waals surface area contributed by atoms with Gasteiger partial charge in [-0.25, -0.2) is 9.97 Å². The lowest BCUT2D eigenvalue weighted by Crippen LogP contribution is -2.46. The number of nitrogens with zero attached hydrogens (tertiary/aromatic N) is 3. The van der Waals surface area contributed by atoms with Crippen LogP contribution in [-0.2, 0) is 22.2 Å². The molecule has 1 amide bonds. The zero-order chi connectivity index (χ0) is 27.1. The van der Waals surface area contributed by atoms with Gasteiger partial charge in [-0.2, -0.15) is 0 Å². The van der Waals surface area contributed by atoms with Crippen molar-refractivity contribution in [3.05, 3.63) is 34.9 Å². The number of nitrogens with one attached hydrogen (secondary N) is 1. The maximum Gasteiger partial charge on any atom is 0.306 e. The van der Waals surface area contributed by atoms with Gasteiger partial charge in [0.25, 0.3) is 5.91 Å². The zero-order valence-electron chi connectivity index (χ0n) is 23.6. The molecule has 2 aromatic rings. The number of hydrogen-bond donors (Lipinski definition) is 2. The second kappa shape index (κ2) is 10.2. The molecule has 202 valence electrons. The van der Waals surface area contributed by atoms with Crippen LogP contribution in [0.5, 0.6) is 0 Å². The summed E-state index contributed by atoms with van der Waals surface area (Å²) in [6, 6.07) is 3.99. The van der Waals surface area contributed by atoms with Crippen LogP contribution in [0.1, 0.15) is 114 Å². The quantitative estimate of drug-likeness (QED) is 0.497. The Labute approximate surface area is 221 Å². The minimum Gasteiger partial charge on any atom is -0.481 e. The first-order valence-electron chi connectivity index (χ1n) is 13.9. The molecular formula is C30H44N4O3. The highest BCUT2D eigenvalue weighted by Crippen LogP contribution is 2.34. The van der Waals surface area contributed by atoms with Crippen LogP contribution in [0, 0.1) is 18.8 Å². The van der Waals surface area contributed by atoms with E-state index in [1.54, 1.807) is 0 Å². The Morgan fingerprint density at radius 3 is 2.22 bits per heavy atom. The molecule has 0 saturated heterocycles. The van der Waals surface area contributed by atoms with Crippen LogP contribution in [0.2, 0.25) is 0 Å². The molecule has 0 radical (unpaired) electrons. The van der Waals surface area contributed by atoms with Gasteiger partial charge in [-0.15, -0.1) is 0 Å². The third kappa shape index (κ3) is 6.07. The molecule has 0 aliphatic heterocycles. The summed E-state index contributed by atoms with van der Waals surface area (Å²) in [5, 5.41) is 12.3. The summed E-state index contributed by atoms with van der Waals surface area (Å²) in [5.41, 5.74) is 4.06. The molecule has 7 nitrogen and oxygen atoms in total. The number of aromatic nitrogens is 3. The Bertz CT molecular complexity index is 1120. The van der Waals surface area contributed by atoms with E-state index in [2.05, 4.69) is 57.5 Å². The Kier molecular flexibility index (Phi) is 7.55. The average Bonchev–Trinajstić information content (AvgIpc) is 3.11. The van der Waals surface area contributed by atoms with Crippen molar-refractivity contribution in [2.24, 2.45) is 11.8 Å². The summed E-state index contributed by atoms with van der Waals surface area (Å²) >= 11 is 0. The third-order valence-corrected chi connectivity index (χ3v) is 8.03. The standard InChI is InChI=1S/C30H44N4O3/c1-18-22(26(35)31-21-13-20(14-21)27(36)37)15-24(34(18)17-19-11-9-8-10-12-19)23-16-25(29(2,3)4)33-28(32-23)30(5,6)7/h15-16,19-21H,8-14,17H2,1-7H3,(H,31,35)(H,36,37). The molecule has 0 aromatic carbocycles. The summed E-state index contributed by atoms with van der Waals surface area (Å²) in [4.78, 5) is 34.6. The van der Waals surface area contributed by atoms with E-state index < -0.39 is 5.97 Å². The van der Waals surface area contributed by atoms with Gasteiger partial charge in [0.2, 0.25) is 0 Å². The van der Waals surface area contributed by atoms with E-state index in [0.717, 1.165) is 35.1 Å². The summed E-state index contributed by atoms with van der Waals surface area (Å²) in [6.45, 7) is 15.8. The largest absolute Gasteiger partial charge is 0.481 e. The zero-order valence-corrected chi connectivity index (χ0v) is 23.6. The minimum atomic E-state index is -0.782. The molecule has 7 heteroatoms. The molecule has 2 aliphatic carbocycles. The van der Waals surface area contributed by atoms with E-state index in [1.165, 1.54) is 32.1 Å². The smallest absolute Gasteiger partial charge is 0.306 e. The van der Waals surface area contributed by atoms with Crippen LogP contribution < -0.4 is 5.32 Å². The summed E-state index contributed by atoms with van der Waals surface area (Å²) in [7, 11) is 0. The van der Waals surface area contributed by atoms with E-state index in [-0.39, 0.29) is 28.7 Å². The second-order valence-corrected chi connectivity index (χ2v) is 13.3. The van der Waals surface area contributed by atoms with E-state index >= 15 is 0 Å². The van der Waals surface area contributed by atoms with Crippen LogP contribution in [0.25, 0.3) is 11.4 Å². The van der Waals surface area contributed by atoms with Gasteiger partial charge in [-0.1, -0.05) is 60.8 Å². The highest BCUT2D eigenvalue weighted by Gasteiger charge is 2.36. The number of carboxylic acids is 1. The summed E-state index contributed by atoms with van der Waals surface area (Å²) < 4.78 is 2.30. The number of aliphatic carboxylic acids is 1. The van der Waals surface area contributed by atoms with Gasteiger partial charge in [-0.05, 0) is 50.7 Å². The van der Waals surface area contributed by atoms with Crippen molar-refractivity contribution >= 4 is 11.9 Å². The average molecular weight is 509 g/mol. The SMILES string of the molecule is Cc1c(C(=O)NC2CC(C(=O)O)C2)cc(-c2cc(C(C)(C)C)nc(C(C)(C)C)n2)n1CC1CCCCC1. The number of carbonyl (C=O) groups is 2. The third-order valence-electron chi connectivity index (χ3n) is 8.03. The molecule has 2 N–H and O–H groups in total. The van der Waals surface area contributed by atoms with Gasteiger partial charge in [0.15, 0.2) is 0 Å². The maximum atomic E-state index is 13.4. The molecule has 0 atom stereocenters. The molecule has 0 unspecified atom stereocenters. The van der Waals surface area contributed by atoms with Crippen molar-refractivity contribution in [1.29, 1.82) is 0 Å². The molecule has 2 saturated carbocycles. The molecule has 4 rings (SSSR count). The lowest BCUT2D eigenvalue weighted by atomic mass is 9.80. The number of carboxylic acid groups (broad SMARTS) is 1. The molecule has 37 heavy (non-hydrogen) atoms. The number of rotatable bonds is 6. The van der Waals surface area contributed by atoms with Gasteiger partial charge >= 0.3 is 5.97 Å². The van der Waals surface area contributed by atoms with Crippen molar-refractivity contribution in [1.82, 2.24) is 19.9 Å². The first kappa shape index (κ1) is 27.3. The number of hydrogen-bond acceptors (Lipinski definition) is 4. The van der Waals surface area contributed by atoms with Gasteiger partial charge in [0, 0.05) is 29.1 Å². The van der Waals surface area contributed by atoms with Crippen molar-refractivity contribution in [2.75, 3.05) is 0 Å². The van der Waals surface area contributed by atoms with Gasteiger partial charge in [0.05, 0.1) is 28.6 Å². The van der Waals surface area contributed by atoms with E-state index in [0.29, 0.717) is 24.3 Å². The Morgan fingerprint density at radius 1 is 1.00 bits per heavy atom. The Morgan fingerprint density at radius 2 is 1.65 bits per heavy atom. The molecule has 2 heterocycles. The topological polar surface area (TPSA) is 97.1 Å². The van der Waals surface area contributed by atoms with Crippen LogP contribution in [-0.4, -0.2) is 37.6 Å². The monoisotopic (exact) mass is 508 g/mol. The van der Waals surface area contributed by atoms with E-state index in [1.807, 2.05) is 13.0 Å². The molecule has 2 aliphatic rings. The van der Waals surface area contributed by atoms with Crippen LogP contribution in [0.15, 0.2) is 12.1 Å². The number of amides is 1. The highest BCUT2D eigenvalue weighted by molar-refractivity contribution is 5.97. The predicted octanol–water partition coefficient (Wildman–Crippen LogP) is 6.02. The Hall–Kier alpha value is -2.70. The first-order valence-corrected chi connectivity index (χ1v) is 13.9. The second-order valence-electron chi connectivity index (χ2n) is 13.3. The summed E-state index contributed by atoms with van der Waals surface area (Å²) in [6.07, 6.45) is 7.22. The molecule has 0 bridgehead atoms. The van der Waals surface area contributed by atoms with Gasteiger partial charge in [-0.3, -0.25) is 9.59 Å².